The van der Waals surface area contributed by atoms with Gasteiger partial charge in [-0.3, -0.25) is 9.69 Å². The number of ether oxygens (including phenoxy) is 2. The van der Waals surface area contributed by atoms with Crippen molar-refractivity contribution in [3.8, 4) is 11.5 Å². The molecule has 202 valence electrons. The smallest absolute Gasteiger partial charge is 0.335 e. The molecule has 3 aromatic rings. The van der Waals surface area contributed by atoms with Crippen LogP contribution < -0.4 is 9.47 Å². The molecule has 0 spiro atoms. The second-order valence-corrected chi connectivity index (χ2v) is 10.7. The summed E-state index contributed by atoms with van der Waals surface area (Å²) in [7, 11) is 0. The molecule has 1 fully saturated rings. The van der Waals surface area contributed by atoms with Crippen molar-refractivity contribution >= 4 is 56.5 Å². The molecular formula is C30H29BrN2O5S. The number of hydrogen-bond acceptors (Lipinski definition) is 6. The van der Waals surface area contributed by atoms with Crippen LogP contribution in [0, 0.1) is 0 Å². The van der Waals surface area contributed by atoms with Gasteiger partial charge in [-0.25, -0.2) is 9.79 Å². The topological polar surface area (TPSA) is 88.4 Å². The molecule has 0 aliphatic carbocycles. The molecule has 7 nitrogen and oxygen atoms in total. The van der Waals surface area contributed by atoms with Gasteiger partial charge in [0.2, 0.25) is 0 Å². The highest BCUT2D eigenvalue weighted by atomic mass is 79.9. The molecule has 0 bridgehead atoms. The van der Waals surface area contributed by atoms with Crippen LogP contribution in [-0.2, 0) is 11.3 Å². The maximum Gasteiger partial charge on any atom is 0.335 e. The summed E-state index contributed by atoms with van der Waals surface area (Å²) in [5, 5.41) is 9.76. The van der Waals surface area contributed by atoms with Crippen molar-refractivity contribution in [1.29, 1.82) is 0 Å². The third-order valence-electron chi connectivity index (χ3n) is 5.93. The lowest BCUT2D eigenvalue weighted by molar-refractivity contribution is -0.122. The van der Waals surface area contributed by atoms with E-state index in [9.17, 15) is 14.7 Å². The van der Waals surface area contributed by atoms with Gasteiger partial charge in [-0.05, 0) is 102 Å². The number of carbonyl (C=O) groups excluding carboxylic acids is 1. The number of rotatable bonds is 10. The monoisotopic (exact) mass is 608 g/mol. The van der Waals surface area contributed by atoms with E-state index < -0.39 is 5.97 Å². The van der Waals surface area contributed by atoms with E-state index in [4.69, 9.17) is 14.5 Å². The van der Waals surface area contributed by atoms with E-state index in [0.717, 1.165) is 27.7 Å². The van der Waals surface area contributed by atoms with Crippen molar-refractivity contribution in [3.63, 3.8) is 0 Å². The van der Waals surface area contributed by atoms with Gasteiger partial charge in [-0.1, -0.05) is 37.3 Å². The minimum absolute atomic E-state index is 0.0200. The zero-order valence-corrected chi connectivity index (χ0v) is 24.3. The summed E-state index contributed by atoms with van der Waals surface area (Å²) in [6.45, 7) is 6.70. The maximum atomic E-state index is 13.6. The van der Waals surface area contributed by atoms with E-state index in [-0.39, 0.29) is 24.1 Å². The predicted octanol–water partition coefficient (Wildman–Crippen LogP) is 7.53. The van der Waals surface area contributed by atoms with Gasteiger partial charge in [-0.15, -0.1) is 0 Å². The number of thioether (sulfide) groups is 1. The van der Waals surface area contributed by atoms with E-state index in [0.29, 0.717) is 28.2 Å². The second kappa shape index (κ2) is 13.0. The number of amidine groups is 1. The van der Waals surface area contributed by atoms with Crippen LogP contribution >= 0.6 is 27.7 Å². The van der Waals surface area contributed by atoms with Crippen molar-refractivity contribution in [1.82, 2.24) is 4.90 Å². The molecule has 4 rings (SSSR count). The number of nitrogens with zero attached hydrogens (tertiary/aromatic N) is 2. The standard InChI is InChI=1S/C30H29BrN2O5S/c1-4-19(3)38-27-24(31)15-21(16-25(27)37-5-2)17-26-28(34)33(18-20-11-13-22(14-12-20)29(35)36)30(39-26)32-23-9-7-6-8-10-23/h6-17,19H,4-5,18H2,1-3H3,(H,35,36)/b26-17+,32-30?/t19-/m1/s1. The number of amides is 1. The third-order valence-corrected chi connectivity index (χ3v) is 7.53. The Hall–Kier alpha value is -3.56. The average molecular weight is 610 g/mol. The lowest BCUT2D eigenvalue weighted by Crippen LogP contribution is -2.28. The summed E-state index contributed by atoms with van der Waals surface area (Å²) in [4.78, 5) is 31.7. The van der Waals surface area contributed by atoms with Gasteiger partial charge >= 0.3 is 5.97 Å². The fraction of sp³-hybridized carbons (Fsp3) is 0.233. The number of hydrogen-bond donors (Lipinski definition) is 1. The van der Waals surface area contributed by atoms with Crippen LogP contribution in [0.4, 0.5) is 5.69 Å². The largest absolute Gasteiger partial charge is 0.490 e. The summed E-state index contributed by atoms with van der Waals surface area (Å²) < 4.78 is 12.7. The van der Waals surface area contributed by atoms with Crippen molar-refractivity contribution in [3.05, 3.63) is 92.8 Å². The van der Waals surface area contributed by atoms with Crippen LogP contribution in [0.2, 0.25) is 0 Å². The summed E-state index contributed by atoms with van der Waals surface area (Å²) in [5.74, 6) is 0.0506. The zero-order chi connectivity index (χ0) is 27.9. The Balaban J connectivity index is 1.69. The first-order valence-electron chi connectivity index (χ1n) is 12.6. The summed E-state index contributed by atoms with van der Waals surface area (Å²) in [5.41, 5.74) is 2.50. The van der Waals surface area contributed by atoms with Gasteiger partial charge < -0.3 is 14.6 Å². The molecule has 1 saturated heterocycles. The van der Waals surface area contributed by atoms with Crippen LogP contribution in [0.25, 0.3) is 6.08 Å². The first-order valence-corrected chi connectivity index (χ1v) is 14.2. The van der Waals surface area contributed by atoms with Crippen molar-refractivity contribution in [2.24, 2.45) is 4.99 Å². The number of aliphatic imine (C=N–C) groups is 1. The van der Waals surface area contributed by atoms with Crippen molar-refractivity contribution in [2.45, 2.75) is 39.8 Å². The molecule has 0 saturated carbocycles. The van der Waals surface area contributed by atoms with Crippen LogP contribution in [0.5, 0.6) is 11.5 Å². The number of benzene rings is 3. The zero-order valence-electron chi connectivity index (χ0n) is 21.9. The summed E-state index contributed by atoms with van der Waals surface area (Å²) >= 11 is 4.91. The van der Waals surface area contributed by atoms with Gasteiger partial charge in [0.15, 0.2) is 16.7 Å². The van der Waals surface area contributed by atoms with Crippen LogP contribution in [0.15, 0.2) is 81.1 Å². The molecule has 1 atom stereocenters. The average Bonchev–Trinajstić information content (AvgIpc) is 3.20. The molecule has 1 heterocycles. The highest BCUT2D eigenvalue weighted by Crippen LogP contribution is 2.40. The van der Waals surface area contributed by atoms with E-state index >= 15 is 0 Å². The molecule has 9 heteroatoms. The molecule has 0 aromatic heterocycles. The van der Waals surface area contributed by atoms with Gasteiger partial charge in [0, 0.05) is 0 Å². The fourth-order valence-electron chi connectivity index (χ4n) is 3.76. The SMILES string of the molecule is CCOc1cc(/C=C2/SC(=Nc3ccccc3)N(Cc3ccc(C(=O)O)cc3)C2=O)cc(Br)c1O[C@H](C)CC. The highest BCUT2D eigenvalue weighted by Gasteiger charge is 2.33. The van der Waals surface area contributed by atoms with E-state index in [1.807, 2.05) is 62.4 Å². The highest BCUT2D eigenvalue weighted by molar-refractivity contribution is 9.10. The quantitative estimate of drug-likeness (QED) is 0.239. The Morgan fingerprint density at radius 3 is 2.49 bits per heavy atom. The number of halogens is 1. The first-order chi connectivity index (χ1) is 18.8. The fourth-order valence-corrected chi connectivity index (χ4v) is 5.31. The van der Waals surface area contributed by atoms with Crippen molar-refractivity contribution < 1.29 is 24.2 Å². The predicted molar refractivity (Wildman–Crippen MR) is 159 cm³/mol. The van der Waals surface area contributed by atoms with Gasteiger partial charge in [0.25, 0.3) is 5.91 Å². The van der Waals surface area contributed by atoms with E-state index in [1.165, 1.54) is 23.9 Å². The van der Waals surface area contributed by atoms with Gasteiger partial charge in [0.1, 0.15) is 0 Å². The lowest BCUT2D eigenvalue weighted by Gasteiger charge is -2.18. The minimum Gasteiger partial charge on any atom is -0.490 e. The Morgan fingerprint density at radius 1 is 1.13 bits per heavy atom. The Morgan fingerprint density at radius 2 is 1.85 bits per heavy atom. The Bertz CT molecular complexity index is 1410. The van der Waals surface area contributed by atoms with Crippen LogP contribution in [0.3, 0.4) is 0 Å². The maximum absolute atomic E-state index is 13.6. The molecule has 39 heavy (non-hydrogen) atoms. The third kappa shape index (κ3) is 7.10. The normalized spacial score (nSPS) is 16.1. The van der Waals surface area contributed by atoms with Crippen LogP contribution in [-0.4, -0.2) is 39.8 Å². The molecule has 1 aliphatic heterocycles. The van der Waals surface area contributed by atoms with Crippen molar-refractivity contribution in [2.75, 3.05) is 6.61 Å². The summed E-state index contributed by atoms with van der Waals surface area (Å²) in [6, 6.07) is 19.7. The number of para-hydroxylation sites is 1. The number of carboxylic acid groups (broad SMARTS) is 1. The molecular weight excluding hydrogens is 580 g/mol. The molecule has 1 N–H and O–H groups in total. The lowest BCUT2D eigenvalue weighted by atomic mass is 10.1. The Kier molecular flexibility index (Phi) is 9.48. The molecule has 0 unspecified atom stereocenters. The molecule has 1 amide bonds. The number of carbonyl (C=O) groups is 2. The van der Waals surface area contributed by atoms with Gasteiger partial charge in [-0.2, -0.15) is 0 Å². The Labute approximate surface area is 240 Å². The number of aromatic carboxylic acids is 1. The summed E-state index contributed by atoms with van der Waals surface area (Å²) in [6.07, 6.45) is 2.70. The molecule has 3 aromatic carbocycles. The second-order valence-electron chi connectivity index (χ2n) is 8.83. The molecule has 1 aliphatic rings. The first kappa shape index (κ1) is 28.4. The minimum atomic E-state index is -0.996. The van der Waals surface area contributed by atoms with E-state index in [2.05, 4.69) is 22.9 Å². The molecule has 0 radical (unpaired) electrons. The van der Waals surface area contributed by atoms with E-state index in [1.54, 1.807) is 17.0 Å². The van der Waals surface area contributed by atoms with Gasteiger partial charge in [0.05, 0.1) is 39.9 Å². The number of carboxylic acids is 1. The van der Waals surface area contributed by atoms with Crippen LogP contribution in [0.1, 0.15) is 48.7 Å².